The minimum atomic E-state index is 0.456. The normalized spacial score (nSPS) is 41.6. The van der Waals surface area contributed by atoms with Gasteiger partial charge in [0.2, 0.25) is 0 Å². The fraction of sp³-hybridized carbons (Fsp3) is 1.00. The van der Waals surface area contributed by atoms with Gasteiger partial charge in [-0.15, -0.1) is 0 Å². The average molecular weight is 211 g/mol. The summed E-state index contributed by atoms with van der Waals surface area (Å²) in [4.78, 5) is 0. The Morgan fingerprint density at radius 1 is 1.13 bits per heavy atom. The van der Waals surface area contributed by atoms with E-state index in [1.165, 1.54) is 25.7 Å². The van der Waals surface area contributed by atoms with Gasteiger partial charge in [-0.3, -0.25) is 0 Å². The molecule has 0 bridgehead atoms. The van der Waals surface area contributed by atoms with Gasteiger partial charge in [0.05, 0.1) is 6.10 Å². The van der Waals surface area contributed by atoms with Crippen molar-refractivity contribution < 1.29 is 4.74 Å². The van der Waals surface area contributed by atoms with Crippen LogP contribution in [0, 0.1) is 11.8 Å². The highest BCUT2D eigenvalue weighted by Gasteiger charge is 2.33. The number of hydrogen-bond acceptors (Lipinski definition) is 2. The van der Waals surface area contributed by atoms with E-state index >= 15 is 0 Å². The Morgan fingerprint density at radius 2 is 1.87 bits per heavy atom. The van der Waals surface area contributed by atoms with Crippen LogP contribution in [0.5, 0.6) is 0 Å². The van der Waals surface area contributed by atoms with Crippen LogP contribution in [0.4, 0.5) is 0 Å². The zero-order valence-corrected chi connectivity index (χ0v) is 10.3. The minimum absolute atomic E-state index is 0.456. The van der Waals surface area contributed by atoms with Crippen LogP contribution >= 0.6 is 0 Å². The highest BCUT2D eigenvalue weighted by atomic mass is 16.5. The zero-order valence-electron chi connectivity index (χ0n) is 10.3. The van der Waals surface area contributed by atoms with E-state index in [2.05, 4.69) is 26.1 Å². The fourth-order valence-electron chi connectivity index (χ4n) is 2.83. The van der Waals surface area contributed by atoms with Crippen molar-refractivity contribution in [2.75, 3.05) is 6.61 Å². The van der Waals surface area contributed by atoms with Gasteiger partial charge in [-0.2, -0.15) is 0 Å². The van der Waals surface area contributed by atoms with Gasteiger partial charge in [0.25, 0.3) is 0 Å². The van der Waals surface area contributed by atoms with Crippen molar-refractivity contribution in [3.8, 4) is 0 Å². The highest BCUT2D eigenvalue weighted by molar-refractivity contribution is 4.89. The van der Waals surface area contributed by atoms with Crippen molar-refractivity contribution in [3.05, 3.63) is 0 Å². The monoisotopic (exact) mass is 211 g/mol. The van der Waals surface area contributed by atoms with E-state index in [4.69, 9.17) is 4.74 Å². The maximum absolute atomic E-state index is 5.56. The summed E-state index contributed by atoms with van der Waals surface area (Å²) in [5.41, 5.74) is 0. The van der Waals surface area contributed by atoms with E-state index in [0.29, 0.717) is 12.1 Å². The summed E-state index contributed by atoms with van der Waals surface area (Å²) in [6.07, 6.45) is 5.64. The lowest BCUT2D eigenvalue weighted by Gasteiger charge is -2.42. The second-order valence-corrected chi connectivity index (χ2v) is 5.74. The van der Waals surface area contributed by atoms with E-state index < -0.39 is 0 Å². The molecule has 2 heteroatoms. The standard InChI is InChI=1S/C13H25NO/c1-9(2)11-7-13(8-11)14-12-4-5-15-10(3)6-12/h9-14H,4-8H2,1-3H3. The van der Waals surface area contributed by atoms with Crippen LogP contribution < -0.4 is 5.32 Å². The molecule has 1 aliphatic heterocycles. The van der Waals surface area contributed by atoms with Crippen molar-refractivity contribution in [2.45, 2.75) is 64.6 Å². The third kappa shape index (κ3) is 2.94. The van der Waals surface area contributed by atoms with Gasteiger partial charge in [-0.1, -0.05) is 13.8 Å². The lowest BCUT2D eigenvalue weighted by atomic mass is 9.73. The van der Waals surface area contributed by atoms with Crippen LogP contribution in [0.25, 0.3) is 0 Å². The van der Waals surface area contributed by atoms with Crippen LogP contribution in [0.1, 0.15) is 46.5 Å². The van der Waals surface area contributed by atoms with E-state index in [1.54, 1.807) is 0 Å². The molecule has 2 rings (SSSR count). The summed E-state index contributed by atoms with van der Waals surface area (Å²) in [7, 11) is 0. The Labute approximate surface area is 93.8 Å². The molecule has 0 aromatic heterocycles. The lowest BCUT2D eigenvalue weighted by Crippen LogP contribution is -2.50. The van der Waals surface area contributed by atoms with Crippen molar-refractivity contribution in [1.82, 2.24) is 5.32 Å². The SMILES string of the molecule is CC1CC(NC2CC(C(C)C)C2)CCO1. The third-order valence-electron chi connectivity index (χ3n) is 4.07. The van der Waals surface area contributed by atoms with Crippen molar-refractivity contribution >= 4 is 0 Å². The molecule has 0 aromatic carbocycles. The van der Waals surface area contributed by atoms with Gasteiger partial charge >= 0.3 is 0 Å². The summed E-state index contributed by atoms with van der Waals surface area (Å²) in [6.45, 7) is 7.82. The molecule has 88 valence electrons. The molecule has 0 amide bonds. The molecule has 2 atom stereocenters. The molecule has 2 unspecified atom stereocenters. The molecule has 2 fully saturated rings. The molecule has 1 heterocycles. The van der Waals surface area contributed by atoms with E-state index in [1.807, 2.05) is 0 Å². The molecule has 1 aliphatic carbocycles. The number of hydrogen-bond donors (Lipinski definition) is 1. The third-order valence-corrected chi connectivity index (χ3v) is 4.07. The van der Waals surface area contributed by atoms with Gasteiger partial charge in [-0.25, -0.2) is 0 Å². The molecular formula is C13H25NO. The summed E-state index contributed by atoms with van der Waals surface area (Å²) in [5, 5.41) is 3.79. The molecule has 0 spiro atoms. The number of nitrogens with one attached hydrogen (secondary N) is 1. The van der Waals surface area contributed by atoms with Crippen molar-refractivity contribution in [3.63, 3.8) is 0 Å². The fourth-order valence-corrected chi connectivity index (χ4v) is 2.83. The van der Waals surface area contributed by atoms with Gasteiger partial charge in [0, 0.05) is 18.7 Å². The largest absolute Gasteiger partial charge is 0.378 e. The molecule has 2 nitrogen and oxygen atoms in total. The van der Waals surface area contributed by atoms with Crippen LogP contribution in [-0.4, -0.2) is 24.8 Å². The first-order valence-corrected chi connectivity index (χ1v) is 6.52. The second kappa shape index (κ2) is 4.84. The van der Waals surface area contributed by atoms with Crippen LogP contribution in [-0.2, 0) is 4.74 Å². The average Bonchev–Trinajstić information content (AvgIpc) is 2.10. The Kier molecular flexibility index (Phi) is 3.68. The molecule has 0 aromatic rings. The lowest BCUT2D eigenvalue weighted by molar-refractivity contribution is 0.00577. The van der Waals surface area contributed by atoms with Gasteiger partial charge in [-0.05, 0) is 44.4 Å². The summed E-state index contributed by atoms with van der Waals surface area (Å²) < 4.78 is 5.56. The van der Waals surface area contributed by atoms with E-state index in [9.17, 15) is 0 Å². The van der Waals surface area contributed by atoms with Gasteiger partial charge < -0.3 is 10.1 Å². The van der Waals surface area contributed by atoms with Gasteiger partial charge in [0.1, 0.15) is 0 Å². The quantitative estimate of drug-likeness (QED) is 0.774. The van der Waals surface area contributed by atoms with Gasteiger partial charge in [0.15, 0.2) is 0 Å². The van der Waals surface area contributed by atoms with Crippen LogP contribution in [0.15, 0.2) is 0 Å². The predicted octanol–water partition coefficient (Wildman–Crippen LogP) is 2.58. The van der Waals surface area contributed by atoms with Crippen LogP contribution in [0.3, 0.4) is 0 Å². The first kappa shape index (κ1) is 11.4. The smallest absolute Gasteiger partial charge is 0.0561 e. The summed E-state index contributed by atoms with van der Waals surface area (Å²) >= 11 is 0. The molecule has 0 radical (unpaired) electrons. The molecule has 15 heavy (non-hydrogen) atoms. The molecule has 1 N–H and O–H groups in total. The highest BCUT2D eigenvalue weighted by Crippen LogP contribution is 2.34. The van der Waals surface area contributed by atoms with E-state index in [0.717, 1.165) is 24.5 Å². The first-order chi connectivity index (χ1) is 7.15. The maximum atomic E-state index is 5.56. The second-order valence-electron chi connectivity index (χ2n) is 5.74. The Bertz CT molecular complexity index is 199. The molecular weight excluding hydrogens is 186 g/mol. The molecule has 2 aliphatic rings. The molecule has 1 saturated heterocycles. The molecule has 1 saturated carbocycles. The van der Waals surface area contributed by atoms with E-state index in [-0.39, 0.29) is 0 Å². The van der Waals surface area contributed by atoms with Crippen molar-refractivity contribution in [2.24, 2.45) is 11.8 Å². The zero-order chi connectivity index (χ0) is 10.8. The number of rotatable bonds is 3. The Hall–Kier alpha value is -0.0800. The topological polar surface area (TPSA) is 21.3 Å². The Balaban J connectivity index is 1.66. The Morgan fingerprint density at radius 3 is 2.47 bits per heavy atom. The predicted molar refractivity (Wildman–Crippen MR) is 62.9 cm³/mol. The maximum Gasteiger partial charge on any atom is 0.0561 e. The minimum Gasteiger partial charge on any atom is -0.378 e. The summed E-state index contributed by atoms with van der Waals surface area (Å²) in [5.74, 6) is 1.84. The number of ether oxygens (including phenoxy) is 1. The van der Waals surface area contributed by atoms with Crippen molar-refractivity contribution in [1.29, 1.82) is 0 Å². The first-order valence-electron chi connectivity index (χ1n) is 6.52. The summed E-state index contributed by atoms with van der Waals surface area (Å²) in [6, 6.07) is 1.51. The van der Waals surface area contributed by atoms with Crippen LogP contribution in [0.2, 0.25) is 0 Å².